The number of carbonyl (C=O) groups excluding carboxylic acids is 2. The van der Waals surface area contributed by atoms with Crippen LogP contribution in [-0.2, 0) is 4.79 Å². The standard InChI is InChI=1S/C20H21ClFN3O2.2H2/c1-11(9-16(23)26)25-19(12-4-5-12)14-6-7-15(21)17(18(14)22)20(27)13-3-2-8-24-10-13;;/h2-3,6-8,10-12,19,25H,4-5,9H2,1H3,(H2,23,26);2*1H/t11-,19+;;/m0../s1. The summed E-state index contributed by atoms with van der Waals surface area (Å²) in [7, 11) is 0. The second-order valence-corrected chi connectivity index (χ2v) is 7.36. The van der Waals surface area contributed by atoms with Crippen molar-refractivity contribution in [3.63, 3.8) is 0 Å². The van der Waals surface area contributed by atoms with Gasteiger partial charge >= 0.3 is 0 Å². The Balaban J connectivity index is 0.00000210. The number of rotatable bonds is 8. The molecule has 3 rings (SSSR count). The van der Waals surface area contributed by atoms with Gasteiger partial charge in [-0.2, -0.15) is 0 Å². The first kappa shape index (κ1) is 19.5. The predicted octanol–water partition coefficient (Wildman–Crippen LogP) is 3.90. The van der Waals surface area contributed by atoms with E-state index in [4.69, 9.17) is 17.3 Å². The van der Waals surface area contributed by atoms with Crippen molar-refractivity contribution < 1.29 is 16.8 Å². The molecule has 0 aliphatic heterocycles. The molecule has 1 heterocycles. The van der Waals surface area contributed by atoms with Gasteiger partial charge in [0.05, 0.1) is 10.6 Å². The maximum absolute atomic E-state index is 15.4. The van der Waals surface area contributed by atoms with E-state index in [0.29, 0.717) is 5.56 Å². The average Bonchev–Trinajstić information content (AvgIpc) is 3.45. The first-order valence-corrected chi connectivity index (χ1v) is 9.23. The van der Waals surface area contributed by atoms with Crippen LogP contribution in [0.1, 0.15) is 56.6 Å². The molecule has 2 aromatic rings. The predicted molar refractivity (Wildman–Crippen MR) is 105 cm³/mol. The molecule has 1 fully saturated rings. The van der Waals surface area contributed by atoms with Crippen LogP contribution in [0.2, 0.25) is 5.02 Å². The number of benzene rings is 1. The minimum atomic E-state index is -0.632. The lowest BCUT2D eigenvalue weighted by Gasteiger charge is -2.24. The normalized spacial score (nSPS) is 16.0. The van der Waals surface area contributed by atoms with Gasteiger partial charge in [-0.25, -0.2) is 4.39 Å². The Bertz CT molecular complexity index is 866. The van der Waals surface area contributed by atoms with Gasteiger partial charge < -0.3 is 11.1 Å². The molecule has 0 saturated heterocycles. The highest BCUT2D eigenvalue weighted by Crippen LogP contribution is 2.43. The van der Waals surface area contributed by atoms with Crippen molar-refractivity contribution >= 4 is 23.3 Å². The Labute approximate surface area is 165 Å². The molecule has 27 heavy (non-hydrogen) atoms. The van der Waals surface area contributed by atoms with Crippen LogP contribution >= 0.6 is 11.6 Å². The fraction of sp³-hybridized carbons (Fsp3) is 0.350. The Kier molecular flexibility index (Phi) is 5.87. The molecular weight excluding hydrogens is 369 g/mol. The number of halogens is 2. The molecule has 1 aromatic heterocycles. The second-order valence-electron chi connectivity index (χ2n) is 6.95. The van der Waals surface area contributed by atoms with Crippen molar-refractivity contribution in [3.8, 4) is 0 Å². The molecule has 1 aliphatic rings. The zero-order valence-corrected chi connectivity index (χ0v) is 15.7. The second kappa shape index (κ2) is 8.15. The third-order valence-corrected chi connectivity index (χ3v) is 4.99. The number of primary amides is 1. The van der Waals surface area contributed by atoms with Crippen molar-refractivity contribution in [1.29, 1.82) is 0 Å². The van der Waals surface area contributed by atoms with E-state index in [1.807, 2.05) is 6.92 Å². The van der Waals surface area contributed by atoms with Gasteiger partial charge in [-0.15, -0.1) is 0 Å². The van der Waals surface area contributed by atoms with Gasteiger partial charge in [0.1, 0.15) is 5.82 Å². The molecule has 0 radical (unpaired) electrons. The summed E-state index contributed by atoms with van der Waals surface area (Å²) in [6.07, 6.45) is 4.98. The number of amides is 1. The summed E-state index contributed by atoms with van der Waals surface area (Å²) in [4.78, 5) is 27.8. The SMILES string of the molecule is C[C@@H](CC(N)=O)N[C@@H](c1ccc(Cl)c(C(=O)c2cccnc2)c1F)C1CC1.[HH].[HH]. The van der Waals surface area contributed by atoms with Crippen molar-refractivity contribution in [1.82, 2.24) is 10.3 Å². The number of nitrogens with one attached hydrogen (secondary N) is 1. The molecule has 2 atom stereocenters. The molecule has 5 nitrogen and oxygen atoms in total. The average molecular weight is 394 g/mol. The number of carbonyl (C=O) groups is 2. The topological polar surface area (TPSA) is 85.1 Å². The minimum Gasteiger partial charge on any atom is -0.370 e. The number of ketones is 1. The Hall–Kier alpha value is -2.31. The number of hydrogen-bond donors (Lipinski definition) is 2. The Morgan fingerprint density at radius 2 is 2.15 bits per heavy atom. The quantitative estimate of drug-likeness (QED) is 0.666. The van der Waals surface area contributed by atoms with E-state index in [-0.39, 0.29) is 43.4 Å². The molecule has 0 bridgehead atoms. The Morgan fingerprint density at radius 1 is 1.41 bits per heavy atom. The van der Waals surface area contributed by atoms with Crippen molar-refractivity contribution in [2.75, 3.05) is 0 Å². The molecule has 1 aromatic carbocycles. The van der Waals surface area contributed by atoms with E-state index in [9.17, 15) is 9.59 Å². The van der Waals surface area contributed by atoms with Crippen LogP contribution < -0.4 is 11.1 Å². The molecule has 0 unspecified atom stereocenters. The van der Waals surface area contributed by atoms with Crippen LogP contribution in [0, 0.1) is 11.7 Å². The van der Waals surface area contributed by atoms with Crippen LogP contribution in [0.4, 0.5) is 4.39 Å². The van der Waals surface area contributed by atoms with Gasteiger partial charge in [0.25, 0.3) is 0 Å². The van der Waals surface area contributed by atoms with E-state index in [1.165, 1.54) is 6.20 Å². The van der Waals surface area contributed by atoms with Crippen molar-refractivity contribution in [2.24, 2.45) is 11.7 Å². The zero-order valence-electron chi connectivity index (χ0n) is 14.9. The van der Waals surface area contributed by atoms with Gasteiger partial charge in [-0.05, 0) is 43.9 Å². The van der Waals surface area contributed by atoms with Crippen LogP contribution in [0.3, 0.4) is 0 Å². The van der Waals surface area contributed by atoms with Crippen LogP contribution in [0.5, 0.6) is 0 Å². The van der Waals surface area contributed by atoms with Crippen LogP contribution in [-0.4, -0.2) is 22.7 Å². The third-order valence-electron chi connectivity index (χ3n) is 4.67. The van der Waals surface area contributed by atoms with Gasteiger partial charge in [0.15, 0.2) is 5.78 Å². The maximum atomic E-state index is 15.4. The van der Waals surface area contributed by atoms with Crippen molar-refractivity contribution in [3.05, 3.63) is 64.2 Å². The maximum Gasteiger partial charge on any atom is 0.218 e. The first-order valence-electron chi connectivity index (χ1n) is 8.85. The molecule has 3 N–H and O–H groups in total. The summed E-state index contributed by atoms with van der Waals surface area (Å²) < 4.78 is 15.4. The molecule has 0 spiro atoms. The lowest BCUT2D eigenvalue weighted by atomic mass is 9.95. The number of nitrogens with zero attached hydrogens (tertiary/aromatic N) is 1. The van der Waals surface area contributed by atoms with Gasteiger partial charge in [0, 0.05) is 44.9 Å². The summed E-state index contributed by atoms with van der Waals surface area (Å²) in [5.74, 6) is -1.31. The highest BCUT2D eigenvalue weighted by molar-refractivity contribution is 6.35. The van der Waals surface area contributed by atoms with E-state index in [0.717, 1.165) is 12.8 Å². The molecule has 7 heteroatoms. The lowest BCUT2D eigenvalue weighted by molar-refractivity contribution is -0.118. The van der Waals surface area contributed by atoms with Crippen LogP contribution in [0.25, 0.3) is 0 Å². The van der Waals surface area contributed by atoms with Gasteiger partial charge in [-0.3, -0.25) is 14.6 Å². The number of hydrogen-bond acceptors (Lipinski definition) is 4. The summed E-state index contributed by atoms with van der Waals surface area (Å²) in [5, 5.41) is 3.35. The monoisotopic (exact) mass is 393 g/mol. The molecule has 146 valence electrons. The van der Waals surface area contributed by atoms with Crippen LogP contribution in [0.15, 0.2) is 36.7 Å². The number of pyridine rings is 1. The van der Waals surface area contributed by atoms with Crippen molar-refractivity contribution in [2.45, 2.75) is 38.3 Å². The molecule has 1 amide bonds. The third kappa shape index (κ3) is 4.51. The summed E-state index contributed by atoms with van der Waals surface area (Å²) in [5.41, 5.74) is 5.75. The summed E-state index contributed by atoms with van der Waals surface area (Å²) in [6.45, 7) is 1.83. The number of aromatic nitrogens is 1. The highest BCUT2D eigenvalue weighted by Gasteiger charge is 2.36. The van der Waals surface area contributed by atoms with Gasteiger partial charge in [0.2, 0.25) is 5.91 Å². The largest absolute Gasteiger partial charge is 0.370 e. The fourth-order valence-corrected chi connectivity index (χ4v) is 3.47. The van der Waals surface area contributed by atoms with E-state index < -0.39 is 17.5 Å². The smallest absolute Gasteiger partial charge is 0.218 e. The Morgan fingerprint density at radius 3 is 2.74 bits per heavy atom. The van der Waals surface area contributed by atoms with E-state index in [2.05, 4.69) is 10.3 Å². The lowest BCUT2D eigenvalue weighted by Crippen LogP contribution is -2.35. The highest BCUT2D eigenvalue weighted by atomic mass is 35.5. The van der Waals surface area contributed by atoms with E-state index >= 15 is 4.39 Å². The summed E-state index contributed by atoms with van der Waals surface area (Å²) >= 11 is 6.16. The van der Waals surface area contributed by atoms with E-state index in [1.54, 1.807) is 30.5 Å². The fourth-order valence-electron chi connectivity index (χ4n) is 3.23. The minimum absolute atomic E-state index is 0. The van der Waals surface area contributed by atoms with Gasteiger partial charge in [-0.1, -0.05) is 17.7 Å². The molecule has 1 saturated carbocycles. The molecular formula is C20H25ClFN3O2. The summed E-state index contributed by atoms with van der Waals surface area (Å²) in [6, 6.07) is 5.81. The first-order chi connectivity index (χ1) is 12.9. The number of nitrogens with two attached hydrogens (primary N) is 1. The zero-order chi connectivity index (χ0) is 19.6. The molecule has 1 aliphatic carbocycles.